The van der Waals surface area contributed by atoms with Crippen molar-refractivity contribution in [1.82, 2.24) is 4.98 Å². The third-order valence-corrected chi connectivity index (χ3v) is 4.27. The third-order valence-electron chi connectivity index (χ3n) is 4.27. The van der Waals surface area contributed by atoms with Crippen LogP contribution in [0.15, 0.2) is 12.3 Å². The summed E-state index contributed by atoms with van der Waals surface area (Å²) < 4.78 is 5.39. The van der Waals surface area contributed by atoms with E-state index >= 15 is 0 Å². The minimum atomic E-state index is 0.681. The lowest BCUT2D eigenvalue weighted by molar-refractivity contribution is 0.300. The quantitative estimate of drug-likeness (QED) is 0.895. The van der Waals surface area contributed by atoms with Gasteiger partial charge in [-0.1, -0.05) is 19.8 Å². The fourth-order valence-electron chi connectivity index (χ4n) is 2.91. The molecule has 0 radical (unpaired) electrons. The Hall–Kier alpha value is -1.45. The first kappa shape index (κ1) is 14.9. The van der Waals surface area contributed by atoms with Gasteiger partial charge < -0.3 is 15.0 Å². The number of nitrogens with one attached hydrogen (secondary N) is 1. The lowest BCUT2D eigenvalue weighted by Gasteiger charge is -2.27. The third kappa shape index (κ3) is 3.56. The first-order chi connectivity index (χ1) is 9.61. The number of rotatable bonds is 5. The lowest BCUT2D eigenvalue weighted by Crippen LogP contribution is -2.22. The molecule has 1 aliphatic carbocycles. The molecule has 0 unspecified atom stereocenters. The van der Waals surface area contributed by atoms with Gasteiger partial charge in [0.15, 0.2) is 0 Å². The molecule has 0 aliphatic heterocycles. The number of ether oxygens (including phenoxy) is 1. The molecule has 1 aromatic heterocycles. The Morgan fingerprint density at radius 3 is 2.60 bits per heavy atom. The number of hydrogen-bond acceptors (Lipinski definition) is 4. The van der Waals surface area contributed by atoms with Gasteiger partial charge in [0.2, 0.25) is 5.88 Å². The first-order valence-corrected chi connectivity index (χ1v) is 7.56. The van der Waals surface area contributed by atoms with Gasteiger partial charge in [-0.3, -0.25) is 0 Å². The average molecular weight is 277 g/mol. The Balaban J connectivity index is 2.04. The summed E-state index contributed by atoms with van der Waals surface area (Å²) in [7, 11) is 5.76. The number of nitrogens with zero attached hydrogens (tertiary/aromatic N) is 2. The molecule has 2 rings (SSSR count). The van der Waals surface area contributed by atoms with E-state index in [-0.39, 0.29) is 0 Å². The molecule has 0 amide bonds. The van der Waals surface area contributed by atoms with Gasteiger partial charge in [-0.05, 0) is 30.7 Å². The highest BCUT2D eigenvalue weighted by molar-refractivity contribution is 5.74. The van der Waals surface area contributed by atoms with Crippen LogP contribution in [0.2, 0.25) is 0 Å². The van der Waals surface area contributed by atoms with E-state index in [4.69, 9.17) is 4.74 Å². The van der Waals surface area contributed by atoms with Crippen molar-refractivity contribution in [3.63, 3.8) is 0 Å². The molecule has 1 saturated carbocycles. The van der Waals surface area contributed by atoms with Gasteiger partial charge in [0, 0.05) is 26.8 Å². The van der Waals surface area contributed by atoms with Crippen LogP contribution in [0.25, 0.3) is 0 Å². The van der Waals surface area contributed by atoms with Crippen molar-refractivity contribution in [3.8, 4) is 5.88 Å². The Morgan fingerprint density at radius 1 is 1.30 bits per heavy atom. The summed E-state index contributed by atoms with van der Waals surface area (Å²) in [6.07, 6.45) is 7.16. The van der Waals surface area contributed by atoms with Gasteiger partial charge in [0.05, 0.1) is 12.8 Å². The fourth-order valence-corrected chi connectivity index (χ4v) is 2.91. The number of aromatic nitrogens is 1. The Bertz CT molecular complexity index is 426. The van der Waals surface area contributed by atoms with Crippen LogP contribution < -0.4 is 15.0 Å². The van der Waals surface area contributed by atoms with E-state index in [9.17, 15) is 0 Å². The van der Waals surface area contributed by atoms with Crippen molar-refractivity contribution >= 4 is 11.4 Å². The van der Waals surface area contributed by atoms with E-state index < -0.39 is 0 Å². The molecule has 1 heterocycles. The number of anilines is 2. The second-order valence-corrected chi connectivity index (χ2v) is 6.12. The molecular weight excluding hydrogens is 250 g/mol. The number of methoxy groups -OCH3 is 1. The SMILES string of the molecule is COc1nccc(N(C)C)c1NCC1CCC(C)CC1. The predicted molar refractivity (Wildman–Crippen MR) is 84.7 cm³/mol. The second-order valence-electron chi connectivity index (χ2n) is 6.12. The monoisotopic (exact) mass is 277 g/mol. The summed E-state index contributed by atoms with van der Waals surface area (Å²) in [6, 6.07) is 2.02. The Labute approximate surface area is 122 Å². The van der Waals surface area contributed by atoms with E-state index in [1.165, 1.54) is 25.7 Å². The maximum Gasteiger partial charge on any atom is 0.239 e. The van der Waals surface area contributed by atoms with Crippen molar-refractivity contribution in [2.24, 2.45) is 11.8 Å². The second kappa shape index (κ2) is 6.82. The standard InChI is InChI=1S/C16H27N3O/c1-12-5-7-13(8-6-12)11-18-15-14(19(2)3)9-10-17-16(15)20-4/h9-10,12-13,18H,5-8,11H2,1-4H3. The van der Waals surface area contributed by atoms with Crippen molar-refractivity contribution in [1.29, 1.82) is 0 Å². The van der Waals surface area contributed by atoms with Gasteiger partial charge in [-0.25, -0.2) is 4.98 Å². The summed E-state index contributed by atoms with van der Waals surface area (Å²) in [5, 5.41) is 3.57. The zero-order valence-electron chi connectivity index (χ0n) is 13.1. The molecule has 0 aromatic carbocycles. The Morgan fingerprint density at radius 2 is 2.00 bits per heavy atom. The van der Waals surface area contributed by atoms with Crippen LogP contribution in [0.3, 0.4) is 0 Å². The molecule has 1 aliphatic rings. The van der Waals surface area contributed by atoms with Crippen LogP contribution in [0.5, 0.6) is 5.88 Å². The fraction of sp³-hybridized carbons (Fsp3) is 0.688. The molecule has 1 fully saturated rings. The van der Waals surface area contributed by atoms with Crippen LogP contribution in [-0.2, 0) is 0 Å². The molecule has 1 aromatic rings. The highest BCUT2D eigenvalue weighted by Crippen LogP contribution is 2.34. The molecule has 0 saturated heterocycles. The minimum Gasteiger partial charge on any atom is -0.479 e. The molecular formula is C16H27N3O. The van der Waals surface area contributed by atoms with Crippen molar-refractivity contribution in [2.45, 2.75) is 32.6 Å². The maximum atomic E-state index is 5.39. The normalized spacial score (nSPS) is 22.4. The zero-order chi connectivity index (χ0) is 14.5. The number of pyridine rings is 1. The summed E-state index contributed by atoms with van der Waals surface area (Å²) in [4.78, 5) is 6.40. The van der Waals surface area contributed by atoms with E-state index in [0.29, 0.717) is 5.88 Å². The lowest BCUT2D eigenvalue weighted by atomic mass is 9.83. The summed E-state index contributed by atoms with van der Waals surface area (Å²) in [6.45, 7) is 3.37. The molecule has 0 bridgehead atoms. The van der Waals surface area contributed by atoms with Crippen LogP contribution in [0.4, 0.5) is 11.4 Å². The maximum absolute atomic E-state index is 5.39. The Kier molecular flexibility index (Phi) is 5.10. The molecule has 4 nitrogen and oxygen atoms in total. The van der Waals surface area contributed by atoms with E-state index in [1.807, 2.05) is 20.2 Å². The highest BCUT2D eigenvalue weighted by atomic mass is 16.5. The van der Waals surface area contributed by atoms with Gasteiger partial charge in [0.1, 0.15) is 5.69 Å². The van der Waals surface area contributed by atoms with Crippen molar-refractivity contribution in [3.05, 3.63) is 12.3 Å². The molecule has 112 valence electrons. The first-order valence-electron chi connectivity index (χ1n) is 7.56. The van der Waals surface area contributed by atoms with Crippen LogP contribution >= 0.6 is 0 Å². The van der Waals surface area contributed by atoms with E-state index in [1.54, 1.807) is 13.3 Å². The van der Waals surface area contributed by atoms with Crippen LogP contribution in [0.1, 0.15) is 32.6 Å². The molecule has 0 atom stereocenters. The molecule has 1 N–H and O–H groups in total. The van der Waals surface area contributed by atoms with E-state index in [2.05, 4.69) is 22.1 Å². The molecule has 4 heteroatoms. The largest absolute Gasteiger partial charge is 0.479 e. The van der Waals surface area contributed by atoms with Gasteiger partial charge in [0.25, 0.3) is 0 Å². The van der Waals surface area contributed by atoms with Gasteiger partial charge in [-0.2, -0.15) is 0 Å². The van der Waals surface area contributed by atoms with Crippen molar-refractivity contribution < 1.29 is 4.74 Å². The minimum absolute atomic E-state index is 0.681. The van der Waals surface area contributed by atoms with Crippen LogP contribution in [-0.4, -0.2) is 32.7 Å². The zero-order valence-corrected chi connectivity index (χ0v) is 13.1. The predicted octanol–water partition coefficient (Wildman–Crippen LogP) is 3.39. The summed E-state index contributed by atoms with van der Waals surface area (Å²) in [5.74, 6) is 2.35. The van der Waals surface area contributed by atoms with Gasteiger partial charge in [-0.15, -0.1) is 0 Å². The van der Waals surface area contributed by atoms with E-state index in [0.717, 1.165) is 29.8 Å². The summed E-state index contributed by atoms with van der Waals surface area (Å²) in [5.41, 5.74) is 2.14. The average Bonchev–Trinajstić information content (AvgIpc) is 2.46. The number of hydrogen-bond donors (Lipinski definition) is 1. The topological polar surface area (TPSA) is 37.4 Å². The summed E-state index contributed by atoms with van der Waals surface area (Å²) >= 11 is 0. The van der Waals surface area contributed by atoms with Crippen LogP contribution in [0, 0.1) is 11.8 Å². The molecule has 0 spiro atoms. The smallest absolute Gasteiger partial charge is 0.239 e. The molecule has 20 heavy (non-hydrogen) atoms. The van der Waals surface area contributed by atoms with Gasteiger partial charge >= 0.3 is 0 Å². The highest BCUT2D eigenvalue weighted by Gasteiger charge is 2.19. The van der Waals surface area contributed by atoms with Crippen molar-refractivity contribution in [2.75, 3.05) is 38.0 Å².